The number of hydrogen-bond acceptors (Lipinski definition) is 5. The first-order chi connectivity index (χ1) is 13.4. The lowest BCUT2D eigenvalue weighted by Crippen LogP contribution is -2.29. The fraction of sp³-hybridized carbons (Fsp3) is 0. The van der Waals surface area contributed by atoms with E-state index < -0.39 is 11.8 Å². The molecule has 7 heteroatoms. The molecule has 4 rings (SSSR count). The lowest BCUT2D eigenvalue weighted by Gasteiger charge is -2.14. The van der Waals surface area contributed by atoms with E-state index >= 15 is 0 Å². The summed E-state index contributed by atoms with van der Waals surface area (Å²) in [6.45, 7) is 0. The SMILES string of the molecule is Nc1cccc(C(=O)Nc2ccc3c(c2)C(=O)N(c2cccc(N)c2)C3=O)c1. The van der Waals surface area contributed by atoms with Gasteiger partial charge in [-0.05, 0) is 54.6 Å². The van der Waals surface area contributed by atoms with Gasteiger partial charge in [0.25, 0.3) is 17.7 Å². The molecule has 0 atom stereocenters. The van der Waals surface area contributed by atoms with Crippen molar-refractivity contribution in [1.82, 2.24) is 0 Å². The minimum absolute atomic E-state index is 0.220. The predicted molar refractivity (Wildman–Crippen MR) is 107 cm³/mol. The molecule has 1 aliphatic heterocycles. The molecule has 138 valence electrons. The molecule has 0 aliphatic carbocycles. The number of fused-ring (bicyclic) bond motifs is 1. The van der Waals surface area contributed by atoms with Crippen molar-refractivity contribution in [2.75, 3.05) is 21.7 Å². The van der Waals surface area contributed by atoms with E-state index in [1.165, 1.54) is 12.1 Å². The Labute approximate surface area is 160 Å². The van der Waals surface area contributed by atoms with Crippen molar-refractivity contribution in [2.45, 2.75) is 0 Å². The number of nitrogens with zero attached hydrogens (tertiary/aromatic N) is 1. The number of carbonyl (C=O) groups excluding carboxylic acids is 3. The molecule has 0 saturated carbocycles. The fourth-order valence-electron chi connectivity index (χ4n) is 3.10. The van der Waals surface area contributed by atoms with Crippen LogP contribution in [-0.4, -0.2) is 17.7 Å². The number of nitrogen functional groups attached to an aromatic ring is 2. The van der Waals surface area contributed by atoms with Gasteiger partial charge in [-0.25, -0.2) is 4.90 Å². The van der Waals surface area contributed by atoms with E-state index in [4.69, 9.17) is 11.5 Å². The fourth-order valence-corrected chi connectivity index (χ4v) is 3.10. The van der Waals surface area contributed by atoms with E-state index in [1.807, 2.05) is 0 Å². The Morgan fingerprint density at radius 1 is 0.786 bits per heavy atom. The van der Waals surface area contributed by atoms with Crippen molar-refractivity contribution in [3.63, 3.8) is 0 Å². The largest absolute Gasteiger partial charge is 0.399 e. The first-order valence-electron chi connectivity index (χ1n) is 8.49. The first-order valence-corrected chi connectivity index (χ1v) is 8.49. The third-order valence-electron chi connectivity index (χ3n) is 4.42. The summed E-state index contributed by atoms with van der Waals surface area (Å²) in [5.74, 6) is -1.26. The molecule has 5 N–H and O–H groups in total. The zero-order valence-electron chi connectivity index (χ0n) is 14.7. The molecular formula is C21H16N4O3. The molecule has 28 heavy (non-hydrogen) atoms. The average molecular weight is 372 g/mol. The van der Waals surface area contributed by atoms with E-state index in [-0.39, 0.29) is 17.0 Å². The number of nitrogens with one attached hydrogen (secondary N) is 1. The highest BCUT2D eigenvalue weighted by Crippen LogP contribution is 2.31. The summed E-state index contributed by atoms with van der Waals surface area (Å²) in [6, 6.07) is 17.7. The molecule has 1 aliphatic rings. The number of imide groups is 1. The maximum Gasteiger partial charge on any atom is 0.266 e. The molecule has 0 spiro atoms. The summed E-state index contributed by atoms with van der Waals surface area (Å²) in [6.07, 6.45) is 0. The van der Waals surface area contributed by atoms with Crippen molar-refractivity contribution in [1.29, 1.82) is 0 Å². The highest BCUT2D eigenvalue weighted by atomic mass is 16.2. The third-order valence-corrected chi connectivity index (χ3v) is 4.42. The lowest BCUT2D eigenvalue weighted by molar-refractivity contribution is 0.0924. The Hall–Kier alpha value is -4.13. The zero-order chi connectivity index (χ0) is 19.8. The smallest absolute Gasteiger partial charge is 0.266 e. The minimum Gasteiger partial charge on any atom is -0.399 e. The number of rotatable bonds is 3. The Kier molecular flexibility index (Phi) is 4.04. The second kappa shape index (κ2) is 6.55. The molecule has 0 unspecified atom stereocenters. The second-order valence-electron chi connectivity index (χ2n) is 6.38. The molecule has 3 aromatic rings. The quantitative estimate of drug-likeness (QED) is 0.482. The monoisotopic (exact) mass is 372 g/mol. The lowest BCUT2D eigenvalue weighted by atomic mass is 10.1. The number of carbonyl (C=O) groups is 3. The molecule has 0 radical (unpaired) electrons. The number of hydrogen-bond donors (Lipinski definition) is 3. The van der Waals surface area contributed by atoms with Crippen molar-refractivity contribution in [3.05, 3.63) is 83.4 Å². The van der Waals surface area contributed by atoms with Crippen molar-refractivity contribution in [2.24, 2.45) is 0 Å². The van der Waals surface area contributed by atoms with Crippen molar-refractivity contribution in [3.8, 4) is 0 Å². The highest BCUT2D eigenvalue weighted by Gasteiger charge is 2.36. The molecule has 0 fully saturated rings. The van der Waals surface area contributed by atoms with Crippen LogP contribution < -0.4 is 21.7 Å². The molecule has 0 aromatic heterocycles. The van der Waals surface area contributed by atoms with Crippen molar-refractivity contribution < 1.29 is 14.4 Å². The van der Waals surface area contributed by atoms with Crippen LogP contribution in [0.4, 0.5) is 22.7 Å². The van der Waals surface area contributed by atoms with Gasteiger partial charge in [-0.2, -0.15) is 0 Å². The predicted octanol–water partition coefficient (Wildman–Crippen LogP) is 2.90. The number of benzene rings is 3. The van der Waals surface area contributed by atoms with Gasteiger partial charge in [0.15, 0.2) is 0 Å². The van der Waals surface area contributed by atoms with Crippen molar-refractivity contribution >= 4 is 40.5 Å². The maximum absolute atomic E-state index is 12.8. The summed E-state index contributed by atoms with van der Waals surface area (Å²) in [7, 11) is 0. The van der Waals surface area contributed by atoms with E-state index in [1.54, 1.807) is 54.6 Å². The van der Waals surface area contributed by atoms with Gasteiger partial charge < -0.3 is 16.8 Å². The van der Waals surface area contributed by atoms with Crippen LogP contribution in [0, 0.1) is 0 Å². The summed E-state index contributed by atoms with van der Waals surface area (Å²) < 4.78 is 0. The molecule has 7 nitrogen and oxygen atoms in total. The van der Waals surface area contributed by atoms with E-state index in [0.29, 0.717) is 28.3 Å². The molecule has 1 heterocycles. The molecule has 3 amide bonds. The van der Waals surface area contributed by atoms with Gasteiger partial charge in [0, 0.05) is 22.6 Å². The number of amides is 3. The number of anilines is 4. The van der Waals surface area contributed by atoms with Gasteiger partial charge in [-0.1, -0.05) is 12.1 Å². The summed E-state index contributed by atoms with van der Waals surface area (Å²) in [5.41, 5.74) is 14.1. The first kappa shape index (κ1) is 17.3. The number of nitrogens with two attached hydrogens (primary N) is 2. The van der Waals surface area contributed by atoms with E-state index in [2.05, 4.69) is 5.32 Å². The van der Waals surface area contributed by atoms with Crippen LogP contribution in [0.1, 0.15) is 31.1 Å². The van der Waals surface area contributed by atoms with Crippen LogP contribution in [0.25, 0.3) is 0 Å². The second-order valence-corrected chi connectivity index (χ2v) is 6.38. The van der Waals surface area contributed by atoms with E-state index in [9.17, 15) is 14.4 Å². The zero-order valence-corrected chi connectivity index (χ0v) is 14.7. The van der Waals surface area contributed by atoms with Crippen LogP contribution >= 0.6 is 0 Å². The molecule has 0 saturated heterocycles. The summed E-state index contributed by atoms with van der Waals surface area (Å²) in [5, 5.41) is 2.72. The van der Waals surface area contributed by atoms with Crippen LogP contribution in [0.5, 0.6) is 0 Å². The average Bonchev–Trinajstić information content (AvgIpc) is 2.92. The topological polar surface area (TPSA) is 119 Å². The van der Waals surface area contributed by atoms with Gasteiger partial charge in [-0.15, -0.1) is 0 Å². The third kappa shape index (κ3) is 2.95. The maximum atomic E-state index is 12.8. The Balaban J connectivity index is 1.63. The Morgan fingerprint density at radius 2 is 1.46 bits per heavy atom. The van der Waals surface area contributed by atoms with Gasteiger partial charge in [-0.3, -0.25) is 14.4 Å². The van der Waals surface area contributed by atoms with Crippen LogP contribution in [0.2, 0.25) is 0 Å². The molecule has 0 bridgehead atoms. The Morgan fingerprint density at radius 3 is 2.18 bits per heavy atom. The van der Waals surface area contributed by atoms with Crippen LogP contribution in [0.3, 0.4) is 0 Å². The van der Waals surface area contributed by atoms with Crippen LogP contribution in [0.15, 0.2) is 66.7 Å². The Bertz CT molecular complexity index is 1140. The standard InChI is InChI=1S/C21H16N4O3/c22-13-4-1-3-12(9-13)19(26)24-15-7-8-17-18(11-15)21(28)25(20(17)27)16-6-2-5-14(23)10-16/h1-11H,22-23H2,(H,24,26). The summed E-state index contributed by atoms with van der Waals surface area (Å²) in [4.78, 5) is 38.9. The van der Waals surface area contributed by atoms with Crippen LogP contribution in [-0.2, 0) is 0 Å². The van der Waals surface area contributed by atoms with Gasteiger partial charge in [0.05, 0.1) is 16.8 Å². The van der Waals surface area contributed by atoms with Gasteiger partial charge in [0.2, 0.25) is 0 Å². The minimum atomic E-state index is -0.467. The van der Waals surface area contributed by atoms with Gasteiger partial charge >= 0.3 is 0 Å². The van der Waals surface area contributed by atoms with E-state index in [0.717, 1.165) is 4.90 Å². The van der Waals surface area contributed by atoms with Gasteiger partial charge in [0.1, 0.15) is 0 Å². The summed E-state index contributed by atoms with van der Waals surface area (Å²) >= 11 is 0. The molecule has 3 aromatic carbocycles. The molecular weight excluding hydrogens is 356 g/mol. The highest BCUT2D eigenvalue weighted by molar-refractivity contribution is 6.34. The normalized spacial score (nSPS) is 12.8.